The van der Waals surface area contributed by atoms with Crippen LogP contribution in [0.2, 0.25) is 0 Å². The molecule has 2 aromatic carbocycles. The van der Waals surface area contributed by atoms with Crippen LogP contribution in [0.25, 0.3) is 0 Å². The number of imide groups is 1. The molecule has 1 aliphatic heterocycles. The van der Waals surface area contributed by atoms with Gasteiger partial charge in [0.25, 0.3) is 5.91 Å². The first-order valence-corrected chi connectivity index (χ1v) is 9.31. The molecule has 2 aliphatic rings. The standard InChI is InChI=1S/C22H22N2O3/c1-23(19-11-10-16-4-2-3-5-18(16)19)22(27)17-8-6-15(7-9-17)14-24-20(25)12-13-21(24)26/h2-9,19H,10-14H2,1H3. The highest BCUT2D eigenvalue weighted by molar-refractivity contribution is 6.01. The van der Waals surface area contributed by atoms with Crippen molar-refractivity contribution >= 4 is 17.7 Å². The molecule has 0 spiro atoms. The van der Waals surface area contributed by atoms with Crippen molar-refractivity contribution in [2.75, 3.05) is 7.05 Å². The summed E-state index contributed by atoms with van der Waals surface area (Å²) in [4.78, 5) is 39.5. The summed E-state index contributed by atoms with van der Waals surface area (Å²) in [6.07, 6.45) is 2.53. The van der Waals surface area contributed by atoms with E-state index in [1.54, 1.807) is 12.1 Å². The van der Waals surface area contributed by atoms with Gasteiger partial charge in [-0.1, -0.05) is 36.4 Å². The molecule has 2 aromatic rings. The Balaban J connectivity index is 1.46. The molecule has 1 aliphatic carbocycles. The molecule has 1 saturated heterocycles. The highest BCUT2D eigenvalue weighted by Crippen LogP contribution is 2.35. The van der Waals surface area contributed by atoms with E-state index in [1.807, 2.05) is 36.2 Å². The van der Waals surface area contributed by atoms with Gasteiger partial charge in [0, 0.05) is 25.5 Å². The van der Waals surface area contributed by atoms with E-state index in [0.29, 0.717) is 18.4 Å². The quantitative estimate of drug-likeness (QED) is 0.786. The number of benzene rings is 2. The van der Waals surface area contributed by atoms with Crippen LogP contribution >= 0.6 is 0 Å². The zero-order valence-corrected chi connectivity index (χ0v) is 15.4. The Morgan fingerprint density at radius 1 is 1.00 bits per heavy atom. The normalized spacial score (nSPS) is 18.7. The van der Waals surface area contributed by atoms with Crippen molar-refractivity contribution in [2.24, 2.45) is 0 Å². The summed E-state index contributed by atoms with van der Waals surface area (Å²) in [5.74, 6) is -0.267. The molecule has 5 heteroatoms. The van der Waals surface area contributed by atoms with Crippen molar-refractivity contribution in [1.29, 1.82) is 0 Å². The molecular weight excluding hydrogens is 340 g/mol. The summed E-state index contributed by atoms with van der Waals surface area (Å²) in [6.45, 7) is 0.276. The van der Waals surface area contributed by atoms with E-state index in [1.165, 1.54) is 16.0 Å². The van der Waals surface area contributed by atoms with Gasteiger partial charge in [-0.05, 0) is 41.7 Å². The van der Waals surface area contributed by atoms with Gasteiger partial charge in [-0.3, -0.25) is 19.3 Å². The lowest BCUT2D eigenvalue weighted by Crippen LogP contribution is -2.30. The Bertz CT molecular complexity index is 888. The van der Waals surface area contributed by atoms with Crippen molar-refractivity contribution in [1.82, 2.24) is 9.80 Å². The average molecular weight is 362 g/mol. The van der Waals surface area contributed by atoms with Gasteiger partial charge in [0.05, 0.1) is 12.6 Å². The topological polar surface area (TPSA) is 57.7 Å². The summed E-state index contributed by atoms with van der Waals surface area (Å²) in [6, 6.07) is 15.6. The number of rotatable bonds is 4. The zero-order chi connectivity index (χ0) is 19.0. The van der Waals surface area contributed by atoms with Gasteiger partial charge < -0.3 is 4.90 Å². The molecular formula is C22H22N2O3. The minimum Gasteiger partial charge on any atom is -0.335 e. The molecule has 0 bridgehead atoms. The largest absolute Gasteiger partial charge is 0.335 e. The molecule has 138 valence electrons. The summed E-state index contributed by atoms with van der Waals surface area (Å²) in [5.41, 5.74) is 4.02. The van der Waals surface area contributed by atoms with Gasteiger partial charge in [-0.15, -0.1) is 0 Å². The highest BCUT2D eigenvalue weighted by Gasteiger charge is 2.30. The molecule has 27 heavy (non-hydrogen) atoms. The van der Waals surface area contributed by atoms with Gasteiger partial charge >= 0.3 is 0 Å². The van der Waals surface area contributed by atoms with Crippen LogP contribution in [-0.4, -0.2) is 34.6 Å². The van der Waals surface area contributed by atoms with Crippen molar-refractivity contribution < 1.29 is 14.4 Å². The van der Waals surface area contributed by atoms with Crippen LogP contribution in [0.5, 0.6) is 0 Å². The summed E-state index contributed by atoms with van der Waals surface area (Å²) < 4.78 is 0. The van der Waals surface area contributed by atoms with Crippen LogP contribution in [0.3, 0.4) is 0 Å². The SMILES string of the molecule is CN(C(=O)c1ccc(CN2C(=O)CCC2=O)cc1)C1CCc2ccccc21. The Hall–Kier alpha value is -2.95. The van der Waals surface area contributed by atoms with Crippen LogP contribution in [0, 0.1) is 0 Å². The molecule has 0 saturated carbocycles. The predicted molar refractivity (Wildman–Crippen MR) is 101 cm³/mol. The van der Waals surface area contributed by atoms with Crippen LogP contribution in [0.1, 0.15) is 52.4 Å². The number of fused-ring (bicyclic) bond motifs is 1. The number of amides is 3. The number of likely N-dealkylation sites (tertiary alicyclic amines) is 1. The zero-order valence-electron chi connectivity index (χ0n) is 15.4. The van der Waals surface area contributed by atoms with Crippen LogP contribution < -0.4 is 0 Å². The number of aryl methyl sites for hydroxylation is 1. The van der Waals surface area contributed by atoms with E-state index in [2.05, 4.69) is 12.1 Å². The van der Waals surface area contributed by atoms with Gasteiger partial charge in [0.2, 0.25) is 11.8 Å². The number of hydrogen-bond donors (Lipinski definition) is 0. The molecule has 4 rings (SSSR count). The second-order valence-electron chi connectivity index (χ2n) is 7.24. The second-order valence-corrected chi connectivity index (χ2v) is 7.24. The second kappa shape index (κ2) is 6.99. The highest BCUT2D eigenvalue weighted by atomic mass is 16.2. The molecule has 1 unspecified atom stereocenters. The molecule has 0 radical (unpaired) electrons. The van der Waals surface area contributed by atoms with Gasteiger partial charge in [-0.25, -0.2) is 0 Å². The number of nitrogens with zero attached hydrogens (tertiary/aromatic N) is 2. The monoisotopic (exact) mass is 362 g/mol. The summed E-state index contributed by atoms with van der Waals surface area (Å²) in [5, 5.41) is 0. The van der Waals surface area contributed by atoms with Crippen LogP contribution in [0.15, 0.2) is 48.5 Å². The number of hydrogen-bond acceptors (Lipinski definition) is 3. The maximum Gasteiger partial charge on any atom is 0.254 e. The van der Waals surface area contributed by atoms with E-state index in [-0.39, 0.29) is 30.3 Å². The molecule has 0 N–H and O–H groups in total. The van der Waals surface area contributed by atoms with E-state index in [0.717, 1.165) is 18.4 Å². The van der Waals surface area contributed by atoms with Gasteiger partial charge in [-0.2, -0.15) is 0 Å². The van der Waals surface area contributed by atoms with Crippen LogP contribution in [0.4, 0.5) is 0 Å². The van der Waals surface area contributed by atoms with Crippen molar-refractivity contribution in [3.05, 3.63) is 70.8 Å². The molecule has 1 heterocycles. The van der Waals surface area contributed by atoms with E-state index in [4.69, 9.17) is 0 Å². The molecule has 0 aromatic heterocycles. The predicted octanol–water partition coefficient (Wildman–Crippen LogP) is 3.10. The van der Waals surface area contributed by atoms with E-state index < -0.39 is 0 Å². The van der Waals surface area contributed by atoms with E-state index in [9.17, 15) is 14.4 Å². The maximum atomic E-state index is 12.9. The minimum absolute atomic E-state index is 0.0171. The van der Waals surface area contributed by atoms with E-state index >= 15 is 0 Å². The average Bonchev–Trinajstić information content (AvgIpc) is 3.26. The third-order valence-electron chi connectivity index (χ3n) is 5.59. The number of carbonyl (C=O) groups is 3. The van der Waals surface area contributed by atoms with Crippen molar-refractivity contribution in [3.8, 4) is 0 Å². The lowest BCUT2D eigenvalue weighted by atomic mass is 10.1. The smallest absolute Gasteiger partial charge is 0.254 e. The van der Waals surface area contributed by atoms with Gasteiger partial charge in [0.1, 0.15) is 0 Å². The fourth-order valence-electron chi connectivity index (χ4n) is 4.02. The Labute approximate surface area is 158 Å². The Kier molecular flexibility index (Phi) is 4.52. The lowest BCUT2D eigenvalue weighted by molar-refractivity contribution is -0.139. The molecule has 5 nitrogen and oxygen atoms in total. The van der Waals surface area contributed by atoms with Crippen molar-refractivity contribution in [3.63, 3.8) is 0 Å². The Morgan fingerprint density at radius 2 is 1.67 bits per heavy atom. The fraction of sp³-hybridized carbons (Fsp3) is 0.318. The molecule has 3 amide bonds. The minimum atomic E-state index is -0.125. The Morgan fingerprint density at radius 3 is 2.37 bits per heavy atom. The molecule has 1 fully saturated rings. The first-order chi connectivity index (χ1) is 13.0. The third kappa shape index (κ3) is 3.25. The van der Waals surface area contributed by atoms with Gasteiger partial charge in [0.15, 0.2) is 0 Å². The summed E-state index contributed by atoms with van der Waals surface area (Å²) in [7, 11) is 1.85. The first-order valence-electron chi connectivity index (χ1n) is 9.31. The maximum absolute atomic E-state index is 12.9. The summed E-state index contributed by atoms with van der Waals surface area (Å²) >= 11 is 0. The lowest BCUT2D eigenvalue weighted by Gasteiger charge is -2.25. The molecule has 1 atom stereocenters. The first kappa shape index (κ1) is 17.5. The number of carbonyl (C=O) groups excluding carboxylic acids is 3. The fourth-order valence-corrected chi connectivity index (χ4v) is 4.02. The van der Waals surface area contributed by atoms with Crippen molar-refractivity contribution in [2.45, 2.75) is 38.3 Å². The van der Waals surface area contributed by atoms with Crippen LogP contribution in [-0.2, 0) is 22.6 Å². The third-order valence-corrected chi connectivity index (χ3v) is 5.59.